The quantitative estimate of drug-likeness (QED) is 0.871. The van der Waals surface area contributed by atoms with Crippen LogP contribution in [-0.2, 0) is 11.2 Å². The molecule has 108 valence electrons. The molecule has 20 heavy (non-hydrogen) atoms. The molecule has 0 amide bonds. The van der Waals surface area contributed by atoms with E-state index in [9.17, 15) is 9.90 Å². The minimum absolute atomic E-state index is 0.174. The fourth-order valence-corrected chi connectivity index (χ4v) is 4.43. The molecule has 0 aliphatic heterocycles. The van der Waals surface area contributed by atoms with Crippen LogP contribution in [-0.4, -0.2) is 11.1 Å². The number of hydrogen-bond donors (Lipinski definition) is 1. The number of fused-ring (bicyclic) bond motifs is 1. The van der Waals surface area contributed by atoms with Gasteiger partial charge in [0.15, 0.2) is 0 Å². The lowest BCUT2D eigenvalue weighted by molar-refractivity contribution is -0.143. The zero-order valence-corrected chi connectivity index (χ0v) is 12.3. The van der Waals surface area contributed by atoms with Gasteiger partial charge < -0.3 is 5.11 Å². The molecular formula is C18H24O2. The van der Waals surface area contributed by atoms with Crippen molar-refractivity contribution in [3.63, 3.8) is 0 Å². The SMILES string of the molecule is Cc1cccc2c1CCC(C(=O)O)C2C1CCCCC1. The monoisotopic (exact) mass is 272 g/mol. The Labute approximate surface area is 121 Å². The van der Waals surface area contributed by atoms with Crippen molar-refractivity contribution >= 4 is 5.97 Å². The maximum atomic E-state index is 11.7. The van der Waals surface area contributed by atoms with Crippen molar-refractivity contribution in [2.24, 2.45) is 11.8 Å². The summed E-state index contributed by atoms with van der Waals surface area (Å²) in [6.45, 7) is 2.16. The Bertz CT molecular complexity index is 500. The summed E-state index contributed by atoms with van der Waals surface area (Å²) in [6.07, 6.45) is 8.03. The highest BCUT2D eigenvalue weighted by Gasteiger charge is 2.39. The summed E-state index contributed by atoms with van der Waals surface area (Å²) in [7, 11) is 0. The largest absolute Gasteiger partial charge is 0.481 e. The maximum absolute atomic E-state index is 11.7. The van der Waals surface area contributed by atoms with Gasteiger partial charge in [0.25, 0.3) is 0 Å². The van der Waals surface area contributed by atoms with E-state index in [-0.39, 0.29) is 11.8 Å². The van der Waals surface area contributed by atoms with Gasteiger partial charge in [-0.3, -0.25) is 4.79 Å². The van der Waals surface area contributed by atoms with E-state index in [1.54, 1.807) is 0 Å². The van der Waals surface area contributed by atoms with E-state index in [2.05, 4.69) is 25.1 Å². The van der Waals surface area contributed by atoms with Crippen molar-refractivity contribution in [1.82, 2.24) is 0 Å². The van der Waals surface area contributed by atoms with E-state index in [1.807, 2.05) is 0 Å². The molecule has 1 fully saturated rings. The molecule has 2 nitrogen and oxygen atoms in total. The van der Waals surface area contributed by atoms with Crippen LogP contribution in [0.3, 0.4) is 0 Å². The second-order valence-electron chi connectivity index (χ2n) is 6.55. The first-order valence-electron chi connectivity index (χ1n) is 7.99. The van der Waals surface area contributed by atoms with Crippen molar-refractivity contribution in [2.75, 3.05) is 0 Å². The Hall–Kier alpha value is -1.31. The second-order valence-corrected chi connectivity index (χ2v) is 6.55. The van der Waals surface area contributed by atoms with Gasteiger partial charge in [0, 0.05) is 5.92 Å². The molecule has 3 rings (SSSR count). The molecule has 1 N–H and O–H groups in total. The number of carbonyl (C=O) groups is 1. The van der Waals surface area contributed by atoms with Gasteiger partial charge in [-0.2, -0.15) is 0 Å². The number of carboxylic acid groups (broad SMARTS) is 1. The number of carboxylic acids is 1. The first kappa shape index (κ1) is 13.7. The number of hydrogen-bond acceptors (Lipinski definition) is 1. The summed E-state index contributed by atoms with van der Waals surface area (Å²) in [4.78, 5) is 11.7. The number of rotatable bonds is 2. The van der Waals surface area contributed by atoms with Crippen LogP contribution in [0.5, 0.6) is 0 Å². The van der Waals surface area contributed by atoms with Crippen molar-refractivity contribution in [3.8, 4) is 0 Å². The number of benzene rings is 1. The third-order valence-electron chi connectivity index (χ3n) is 5.42. The molecule has 0 spiro atoms. The summed E-state index contributed by atoms with van der Waals surface area (Å²) in [5, 5.41) is 9.63. The van der Waals surface area contributed by atoms with Gasteiger partial charge in [-0.25, -0.2) is 0 Å². The van der Waals surface area contributed by atoms with Crippen molar-refractivity contribution < 1.29 is 9.90 Å². The highest BCUT2D eigenvalue weighted by Crippen LogP contribution is 2.46. The molecule has 1 saturated carbocycles. The van der Waals surface area contributed by atoms with Crippen LogP contribution in [0, 0.1) is 18.8 Å². The molecule has 0 bridgehead atoms. The van der Waals surface area contributed by atoms with Gasteiger partial charge in [0.1, 0.15) is 0 Å². The third-order valence-corrected chi connectivity index (χ3v) is 5.42. The maximum Gasteiger partial charge on any atom is 0.307 e. The molecule has 0 aromatic heterocycles. The van der Waals surface area contributed by atoms with E-state index in [0.29, 0.717) is 5.92 Å². The smallest absolute Gasteiger partial charge is 0.307 e. The van der Waals surface area contributed by atoms with Crippen molar-refractivity contribution in [1.29, 1.82) is 0 Å². The molecule has 2 atom stereocenters. The summed E-state index contributed by atoms with van der Waals surface area (Å²) >= 11 is 0. The Morgan fingerprint density at radius 2 is 1.90 bits per heavy atom. The normalized spacial score (nSPS) is 27.1. The zero-order chi connectivity index (χ0) is 14.1. The lowest BCUT2D eigenvalue weighted by atomic mass is 9.65. The average molecular weight is 272 g/mol. The minimum atomic E-state index is -0.590. The summed E-state index contributed by atoms with van der Waals surface area (Å²) in [5.74, 6) is 0.0577. The van der Waals surface area contributed by atoms with Gasteiger partial charge in [-0.15, -0.1) is 0 Å². The Kier molecular flexibility index (Phi) is 3.82. The molecule has 1 aromatic rings. The molecule has 1 aromatic carbocycles. The van der Waals surface area contributed by atoms with Crippen LogP contribution < -0.4 is 0 Å². The Balaban J connectivity index is 2.01. The van der Waals surface area contributed by atoms with Crippen LogP contribution >= 0.6 is 0 Å². The average Bonchev–Trinajstić information content (AvgIpc) is 2.47. The summed E-state index contributed by atoms with van der Waals surface area (Å²) in [6, 6.07) is 6.46. The van der Waals surface area contributed by atoms with Gasteiger partial charge in [0.05, 0.1) is 5.92 Å². The topological polar surface area (TPSA) is 37.3 Å². The molecule has 2 aliphatic carbocycles. The third kappa shape index (κ3) is 2.36. The van der Waals surface area contributed by atoms with E-state index in [4.69, 9.17) is 0 Å². The minimum Gasteiger partial charge on any atom is -0.481 e. The molecule has 0 radical (unpaired) electrons. The standard InChI is InChI=1S/C18H24O2/c1-12-6-5-9-15-14(12)10-11-16(18(19)20)17(15)13-7-3-2-4-8-13/h5-6,9,13,16-17H,2-4,7-8,10-11H2,1H3,(H,19,20). The highest BCUT2D eigenvalue weighted by atomic mass is 16.4. The molecule has 2 aliphatic rings. The first-order valence-corrected chi connectivity index (χ1v) is 7.99. The molecule has 0 saturated heterocycles. The predicted molar refractivity (Wildman–Crippen MR) is 79.9 cm³/mol. The second kappa shape index (κ2) is 5.59. The number of aryl methyl sites for hydroxylation is 1. The first-order chi connectivity index (χ1) is 9.68. The molecule has 0 heterocycles. The van der Waals surface area contributed by atoms with Crippen LogP contribution in [0.2, 0.25) is 0 Å². The van der Waals surface area contributed by atoms with Crippen LogP contribution in [0.25, 0.3) is 0 Å². The number of aliphatic carboxylic acids is 1. The lowest BCUT2D eigenvalue weighted by Crippen LogP contribution is -2.33. The van der Waals surface area contributed by atoms with Crippen LogP contribution in [0.15, 0.2) is 18.2 Å². The van der Waals surface area contributed by atoms with Gasteiger partial charge >= 0.3 is 5.97 Å². The fraction of sp³-hybridized carbons (Fsp3) is 0.611. The van der Waals surface area contributed by atoms with E-state index >= 15 is 0 Å². The van der Waals surface area contributed by atoms with Crippen molar-refractivity contribution in [3.05, 3.63) is 34.9 Å². The van der Waals surface area contributed by atoms with Gasteiger partial charge in [0.2, 0.25) is 0 Å². The van der Waals surface area contributed by atoms with E-state index in [0.717, 1.165) is 12.8 Å². The zero-order valence-electron chi connectivity index (χ0n) is 12.3. The summed E-state index contributed by atoms with van der Waals surface area (Å²) < 4.78 is 0. The van der Waals surface area contributed by atoms with Gasteiger partial charge in [-0.1, -0.05) is 37.5 Å². The summed E-state index contributed by atoms with van der Waals surface area (Å²) in [5.41, 5.74) is 4.11. The van der Waals surface area contributed by atoms with Gasteiger partial charge in [-0.05, 0) is 55.2 Å². The fourth-order valence-electron chi connectivity index (χ4n) is 4.43. The van der Waals surface area contributed by atoms with E-state index in [1.165, 1.54) is 48.8 Å². The Morgan fingerprint density at radius 1 is 1.15 bits per heavy atom. The van der Waals surface area contributed by atoms with Crippen LogP contribution in [0.1, 0.15) is 61.1 Å². The molecule has 2 unspecified atom stereocenters. The highest BCUT2D eigenvalue weighted by molar-refractivity contribution is 5.72. The van der Waals surface area contributed by atoms with Crippen molar-refractivity contribution in [2.45, 2.75) is 57.8 Å². The van der Waals surface area contributed by atoms with E-state index < -0.39 is 5.97 Å². The Morgan fingerprint density at radius 3 is 2.60 bits per heavy atom. The van der Waals surface area contributed by atoms with Crippen LogP contribution in [0.4, 0.5) is 0 Å². The lowest BCUT2D eigenvalue weighted by Gasteiger charge is -2.39. The molecular weight excluding hydrogens is 248 g/mol. The molecule has 2 heteroatoms. The predicted octanol–water partition coefficient (Wildman–Crippen LogP) is 4.31.